The highest BCUT2D eigenvalue weighted by Gasteiger charge is 2.26. The SMILES string of the molecule is Nc1cc(CN2CCOCC2)ccc1COc1c(Cl)cccc1-c1csc(N2CCC(C(=O)O)CC2)n1. The van der Waals surface area contributed by atoms with Crippen LogP contribution in [-0.4, -0.2) is 60.4 Å². The van der Waals surface area contributed by atoms with Crippen LogP contribution in [0.5, 0.6) is 5.75 Å². The molecular weight excluding hydrogens is 512 g/mol. The topological polar surface area (TPSA) is 101 Å². The Morgan fingerprint density at radius 1 is 1.19 bits per heavy atom. The third-order valence-corrected chi connectivity index (χ3v) is 8.14. The molecular formula is C27H31ClN4O4S. The molecule has 3 heterocycles. The molecule has 37 heavy (non-hydrogen) atoms. The number of rotatable bonds is 8. The summed E-state index contributed by atoms with van der Waals surface area (Å²) in [6.45, 7) is 5.91. The van der Waals surface area contributed by atoms with Gasteiger partial charge in [0.25, 0.3) is 0 Å². The second-order valence-electron chi connectivity index (χ2n) is 9.44. The highest BCUT2D eigenvalue weighted by atomic mass is 35.5. The van der Waals surface area contributed by atoms with Crippen LogP contribution < -0.4 is 15.4 Å². The van der Waals surface area contributed by atoms with E-state index in [2.05, 4.69) is 15.9 Å². The number of benzene rings is 2. The average molecular weight is 543 g/mol. The van der Waals surface area contributed by atoms with Gasteiger partial charge in [-0.05, 0) is 36.6 Å². The molecule has 0 spiro atoms. The van der Waals surface area contributed by atoms with Crippen LogP contribution in [0.2, 0.25) is 5.02 Å². The molecule has 5 rings (SSSR count). The van der Waals surface area contributed by atoms with E-state index in [4.69, 9.17) is 31.8 Å². The van der Waals surface area contributed by atoms with Gasteiger partial charge in [0.15, 0.2) is 5.13 Å². The van der Waals surface area contributed by atoms with Crippen molar-refractivity contribution in [1.29, 1.82) is 0 Å². The molecule has 2 aliphatic heterocycles. The lowest BCUT2D eigenvalue weighted by atomic mass is 9.97. The van der Waals surface area contributed by atoms with Crippen molar-refractivity contribution in [3.05, 3.63) is 57.9 Å². The number of nitrogen functional groups attached to an aromatic ring is 1. The first kappa shape index (κ1) is 25.8. The minimum Gasteiger partial charge on any atom is -0.487 e. The highest BCUT2D eigenvalue weighted by molar-refractivity contribution is 7.14. The zero-order chi connectivity index (χ0) is 25.8. The fourth-order valence-corrected chi connectivity index (χ4v) is 5.86. The number of thiazole rings is 1. The van der Waals surface area contributed by atoms with Crippen molar-refractivity contribution in [2.24, 2.45) is 5.92 Å². The summed E-state index contributed by atoms with van der Waals surface area (Å²) < 4.78 is 11.7. The van der Waals surface area contributed by atoms with Crippen molar-refractivity contribution in [2.75, 3.05) is 50.0 Å². The van der Waals surface area contributed by atoms with Crippen LogP contribution in [0.25, 0.3) is 11.3 Å². The van der Waals surface area contributed by atoms with Crippen LogP contribution in [0.4, 0.5) is 10.8 Å². The van der Waals surface area contributed by atoms with E-state index in [-0.39, 0.29) is 5.92 Å². The average Bonchev–Trinajstić information content (AvgIpc) is 3.40. The van der Waals surface area contributed by atoms with Crippen LogP contribution in [0.15, 0.2) is 41.8 Å². The summed E-state index contributed by atoms with van der Waals surface area (Å²) in [7, 11) is 0. The monoisotopic (exact) mass is 542 g/mol. The molecule has 2 aliphatic rings. The quantitative estimate of drug-likeness (QED) is 0.393. The predicted octanol–water partition coefficient (Wildman–Crippen LogP) is 4.76. The van der Waals surface area contributed by atoms with E-state index in [1.165, 1.54) is 5.56 Å². The van der Waals surface area contributed by atoms with Crippen molar-refractivity contribution >= 4 is 39.7 Å². The molecule has 2 saturated heterocycles. The number of carbonyl (C=O) groups is 1. The van der Waals surface area contributed by atoms with Crippen molar-refractivity contribution in [1.82, 2.24) is 9.88 Å². The Balaban J connectivity index is 1.27. The number of anilines is 2. The van der Waals surface area contributed by atoms with E-state index >= 15 is 0 Å². The molecule has 0 radical (unpaired) electrons. The van der Waals surface area contributed by atoms with E-state index in [1.54, 1.807) is 17.4 Å². The Hall–Kier alpha value is -2.85. The third-order valence-electron chi connectivity index (χ3n) is 6.94. The number of aromatic nitrogens is 1. The number of ether oxygens (including phenoxy) is 2. The minimum atomic E-state index is -0.715. The summed E-state index contributed by atoms with van der Waals surface area (Å²) in [5.41, 5.74) is 10.7. The molecule has 0 aliphatic carbocycles. The number of hydrogen-bond donors (Lipinski definition) is 2. The van der Waals surface area contributed by atoms with Crippen molar-refractivity contribution in [2.45, 2.75) is 26.0 Å². The number of nitrogens with two attached hydrogens (primary N) is 1. The van der Waals surface area contributed by atoms with Gasteiger partial charge in [-0.1, -0.05) is 29.8 Å². The fraction of sp³-hybridized carbons (Fsp3) is 0.407. The Labute approximate surface area is 225 Å². The molecule has 3 N–H and O–H groups in total. The Morgan fingerprint density at radius 3 is 2.70 bits per heavy atom. The van der Waals surface area contributed by atoms with E-state index in [0.29, 0.717) is 49.0 Å². The molecule has 0 amide bonds. The first-order chi connectivity index (χ1) is 18.0. The molecule has 3 aromatic rings. The molecule has 0 atom stereocenters. The lowest BCUT2D eigenvalue weighted by Gasteiger charge is -2.29. The van der Waals surface area contributed by atoms with E-state index in [9.17, 15) is 9.90 Å². The van der Waals surface area contributed by atoms with Crippen LogP contribution in [0.1, 0.15) is 24.0 Å². The third kappa shape index (κ3) is 6.18. The van der Waals surface area contributed by atoms with Gasteiger partial charge in [0.2, 0.25) is 0 Å². The maximum atomic E-state index is 11.3. The highest BCUT2D eigenvalue weighted by Crippen LogP contribution is 2.39. The maximum absolute atomic E-state index is 11.3. The van der Waals surface area contributed by atoms with Gasteiger partial charge < -0.3 is 25.2 Å². The number of halogens is 1. The zero-order valence-corrected chi connectivity index (χ0v) is 22.1. The molecule has 0 saturated carbocycles. The van der Waals surface area contributed by atoms with E-state index in [1.807, 2.05) is 29.6 Å². The van der Waals surface area contributed by atoms with Crippen molar-refractivity contribution in [3.63, 3.8) is 0 Å². The standard InChI is InChI=1S/C27H31ClN4O4S/c28-22-3-1-2-21(24-17-37-27(30-24)32-8-6-19(7-9-32)26(33)34)25(22)36-16-20-5-4-18(14-23(20)29)15-31-10-12-35-13-11-31/h1-5,14,17,19H,6-13,15-16,29H2,(H,33,34). The van der Waals surface area contributed by atoms with Gasteiger partial charge in [-0.3, -0.25) is 9.69 Å². The van der Waals surface area contributed by atoms with Gasteiger partial charge in [-0.15, -0.1) is 11.3 Å². The molecule has 0 unspecified atom stereocenters. The Morgan fingerprint density at radius 2 is 1.97 bits per heavy atom. The first-order valence-electron chi connectivity index (χ1n) is 12.5. The minimum absolute atomic E-state index is 0.274. The number of para-hydroxylation sites is 1. The van der Waals surface area contributed by atoms with Crippen molar-refractivity contribution < 1.29 is 19.4 Å². The number of aliphatic carboxylic acids is 1. The van der Waals surface area contributed by atoms with Gasteiger partial charge in [0.05, 0.1) is 29.8 Å². The molecule has 0 bridgehead atoms. The maximum Gasteiger partial charge on any atom is 0.306 e. The fourth-order valence-electron chi connectivity index (χ4n) is 4.75. The second-order valence-corrected chi connectivity index (χ2v) is 10.7. The summed E-state index contributed by atoms with van der Waals surface area (Å²) >= 11 is 8.10. The van der Waals surface area contributed by atoms with Crippen LogP contribution >= 0.6 is 22.9 Å². The van der Waals surface area contributed by atoms with Crippen LogP contribution in [0, 0.1) is 5.92 Å². The summed E-state index contributed by atoms with van der Waals surface area (Å²) in [5.74, 6) is -0.417. The molecule has 1 aromatic heterocycles. The second kappa shape index (κ2) is 11.7. The Bertz CT molecular complexity index is 1240. The molecule has 10 heteroatoms. The van der Waals surface area contributed by atoms with Gasteiger partial charge in [-0.25, -0.2) is 4.98 Å². The first-order valence-corrected chi connectivity index (χ1v) is 13.8. The lowest BCUT2D eigenvalue weighted by molar-refractivity contribution is -0.142. The number of morpholine rings is 1. The number of nitrogens with zero attached hydrogens (tertiary/aromatic N) is 3. The summed E-state index contributed by atoms with van der Waals surface area (Å²) in [6.07, 6.45) is 1.25. The normalized spacial score (nSPS) is 17.2. The predicted molar refractivity (Wildman–Crippen MR) is 146 cm³/mol. The smallest absolute Gasteiger partial charge is 0.306 e. The van der Waals surface area contributed by atoms with Crippen LogP contribution in [0.3, 0.4) is 0 Å². The summed E-state index contributed by atoms with van der Waals surface area (Å²) in [4.78, 5) is 20.6. The number of piperidine rings is 1. The molecule has 2 fully saturated rings. The number of carboxylic acid groups (broad SMARTS) is 1. The Kier molecular flexibility index (Phi) is 8.14. The van der Waals surface area contributed by atoms with Gasteiger partial charge >= 0.3 is 5.97 Å². The van der Waals surface area contributed by atoms with Gasteiger partial charge in [0.1, 0.15) is 12.4 Å². The van der Waals surface area contributed by atoms with Gasteiger partial charge in [-0.2, -0.15) is 0 Å². The lowest BCUT2D eigenvalue weighted by Crippen LogP contribution is -2.36. The molecule has 196 valence electrons. The summed E-state index contributed by atoms with van der Waals surface area (Å²) in [5, 5.41) is 12.6. The van der Waals surface area contributed by atoms with E-state index in [0.717, 1.165) is 54.8 Å². The molecule has 8 nitrogen and oxygen atoms in total. The summed E-state index contributed by atoms with van der Waals surface area (Å²) in [6, 6.07) is 11.8. The van der Waals surface area contributed by atoms with Gasteiger partial charge in [0, 0.05) is 54.9 Å². The van der Waals surface area contributed by atoms with Crippen LogP contribution in [-0.2, 0) is 22.7 Å². The van der Waals surface area contributed by atoms with Crippen molar-refractivity contribution in [3.8, 4) is 17.0 Å². The van der Waals surface area contributed by atoms with E-state index < -0.39 is 5.97 Å². The largest absolute Gasteiger partial charge is 0.487 e. The number of hydrogen-bond acceptors (Lipinski definition) is 8. The molecule has 2 aromatic carbocycles. The zero-order valence-electron chi connectivity index (χ0n) is 20.6. The number of carboxylic acids is 1.